The SMILES string of the molecule is C[C@@H]1O[C@@H](O[C@H]2[C@H](O)[C@@H](O)[C@H](OC[C@H]3O[C@@H](OC(=O)[C@]45CC[C@@H]([C@@H](C)C=O)[C@@H]4[C@H]4CC[C@@H]6[C@@]7(C)CC[C@@H](O)[C@@](C)(C(=O)O)[C@@H]7CC[C@@]6(C)[C@]4(C)CC5)[C@H](O)[C@@H](O)[C@@H]3O)O[C@@H]2CO)[C@H](O)[C@H](O)[C@H]1O. The summed E-state index contributed by atoms with van der Waals surface area (Å²) in [6, 6.07) is 0. The van der Waals surface area contributed by atoms with Crippen molar-refractivity contribution in [2.75, 3.05) is 13.2 Å². The maximum Gasteiger partial charge on any atom is 0.314 e. The number of carboxylic acids is 1. The predicted molar refractivity (Wildman–Crippen MR) is 231 cm³/mol. The Bertz CT molecular complexity index is 1860. The Labute approximate surface area is 396 Å². The Morgan fingerprint density at radius 2 is 1.32 bits per heavy atom. The number of ether oxygens (including phenoxy) is 6. The summed E-state index contributed by atoms with van der Waals surface area (Å²) in [5, 5.41) is 118. The van der Waals surface area contributed by atoms with Crippen molar-refractivity contribution in [1.29, 1.82) is 0 Å². The number of rotatable bonds is 11. The van der Waals surface area contributed by atoms with Gasteiger partial charge >= 0.3 is 11.9 Å². The van der Waals surface area contributed by atoms with E-state index in [1.807, 2.05) is 6.92 Å². The minimum Gasteiger partial charge on any atom is -0.481 e. The van der Waals surface area contributed by atoms with Crippen molar-refractivity contribution in [3.63, 3.8) is 0 Å². The van der Waals surface area contributed by atoms with E-state index in [-0.39, 0.29) is 51.8 Å². The molecule has 5 aliphatic carbocycles. The number of carbonyl (C=O) groups excluding carboxylic acids is 2. The topological polar surface area (TPSA) is 329 Å². The van der Waals surface area contributed by atoms with Gasteiger partial charge in [0.05, 0.1) is 36.3 Å². The molecule has 20 nitrogen and oxygen atoms in total. The van der Waals surface area contributed by atoms with Gasteiger partial charge in [0.15, 0.2) is 12.6 Å². The molecule has 0 spiro atoms. The lowest BCUT2D eigenvalue weighted by molar-refractivity contribution is -0.361. The molecule has 0 radical (unpaired) electrons. The van der Waals surface area contributed by atoms with E-state index in [1.165, 1.54) is 6.92 Å². The van der Waals surface area contributed by atoms with Gasteiger partial charge in [-0.25, -0.2) is 0 Å². The molecule has 0 aromatic heterocycles. The van der Waals surface area contributed by atoms with Gasteiger partial charge in [-0.2, -0.15) is 0 Å². The van der Waals surface area contributed by atoms with Crippen LogP contribution in [0.3, 0.4) is 0 Å². The Balaban J connectivity index is 0.978. The monoisotopic (exact) mass is 972 g/mol. The fraction of sp³-hybridized carbons (Fsp3) is 0.938. The van der Waals surface area contributed by atoms with E-state index in [4.69, 9.17) is 28.4 Å². The second kappa shape index (κ2) is 18.8. The number of aliphatic hydroxyl groups is 10. The number of hydrogen-bond donors (Lipinski definition) is 11. The van der Waals surface area contributed by atoms with Gasteiger partial charge in [0, 0.05) is 5.92 Å². The van der Waals surface area contributed by atoms with Crippen LogP contribution in [0, 0.1) is 62.6 Å². The van der Waals surface area contributed by atoms with Gasteiger partial charge in [0.1, 0.15) is 73.4 Å². The Morgan fingerprint density at radius 3 is 1.99 bits per heavy atom. The maximum atomic E-state index is 15.0. The van der Waals surface area contributed by atoms with Crippen LogP contribution in [0.4, 0.5) is 0 Å². The molecule has 8 aliphatic rings. The quantitative estimate of drug-likeness (QED) is 0.0905. The molecule has 0 aromatic carbocycles. The van der Waals surface area contributed by atoms with Gasteiger partial charge in [-0.1, -0.05) is 27.7 Å². The molecular formula is C48H76O20. The lowest BCUT2D eigenvalue weighted by Crippen LogP contribution is -2.68. The zero-order valence-electron chi connectivity index (χ0n) is 39.9. The summed E-state index contributed by atoms with van der Waals surface area (Å²) in [7, 11) is 0. The normalized spacial score (nSPS) is 55.1. The smallest absolute Gasteiger partial charge is 0.314 e. The van der Waals surface area contributed by atoms with E-state index >= 15 is 0 Å². The van der Waals surface area contributed by atoms with E-state index in [2.05, 4.69) is 20.8 Å². The van der Waals surface area contributed by atoms with E-state index in [0.29, 0.717) is 44.9 Å². The molecule has 5 saturated carbocycles. The summed E-state index contributed by atoms with van der Waals surface area (Å²) in [6.07, 6.45) is -18.7. The molecule has 0 unspecified atom stereocenters. The highest BCUT2D eigenvalue weighted by Gasteiger charge is 2.73. The Hall–Kier alpha value is -1.99. The van der Waals surface area contributed by atoms with Crippen molar-refractivity contribution < 1.29 is 99.0 Å². The number of esters is 1. The van der Waals surface area contributed by atoms with Gasteiger partial charge in [-0.15, -0.1) is 0 Å². The minimum atomic E-state index is -1.90. The molecule has 388 valence electrons. The van der Waals surface area contributed by atoms with Crippen LogP contribution in [0.5, 0.6) is 0 Å². The fourth-order valence-electron chi connectivity index (χ4n) is 15.9. The largest absolute Gasteiger partial charge is 0.481 e. The number of carboxylic acid groups (broad SMARTS) is 1. The van der Waals surface area contributed by atoms with Gasteiger partial charge in [0.2, 0.25) is 6.29 Å². The third-order valence-electron chi connectivity index (χ3n) is 20.1. The molecule has 3 saturated heterocycles. The highest BCUT2D eigenvalue weighted by atomic mass is 16.8. The molecule has 3 heterocycles. The second-order valence-electron chi connectivity index (χ2n) is 22.9. The molecule has 3 aliphatic heterocycles. The van der Waals surface area contributed by atoms with Crippen molar-refractivity contribution in [2.45, 2.75) is 204 Å². The van der Waals surface area contributed by atoms with Gasteiger partial charge < -0.3 is 89.4 Å². The van der Waals surface area contributed by atoms with Crippen molar-refractivity contribution in [2.24, 2.45) is 62.6 Å². The highest BCUT2D eigenvalue weighted by molar-refractivity contribution is 5.79. The van der Waals surface area contributed by atoms with Crippen molar-refractivity contribution in [3.05, 3.63) is 0 Å². The number of carbonyl (C=O) groups is 3. The average Bonchev–Trinajstić information content (AvgIpc) is 3.71. The van der Waals surface area contributed by atoms with Gasteiger partial charge in [0.25, 0.3) is 0 Å². The lowest BCUT2D eigenvalue weighted by Gasteiger charge is -2.72. The van der Waals surface area contributed by atoms with Crippen LogP contribution in [-0.4, -0.2) is 186 Å². The number of hydrogen-bond acceptors (Lipinski definition) is 19. The summed E-state index contributed by atoms with van der Waals surface area (Å²) in [4.78, 5) is 40.4. The fourth-order valence-corrected chi connectivity index (χ4v) is 15.9. The first-order chi connectivity index (χ1) is 31.9. The Morgan fingerprint density at radius 1 is 0.676 bits per heavy atom. The number of fused-ring (bicyclic) bond motifs is 7. The van der Waals surface area contributed by atoms with Crippen molar-refractivity contribution in [3.8, 4) is 0 Å². The summed E-state index contributed by atoms with van der Waals surface area (Å²) in [6.45, 7) is 10.4. The lowest BCUT2D eigenvalue weighted by atomic mass is 9.32. The number of aliphatic carboxylic acids is 1. The van der Waals surface area contributed by atoms with Crippen LogP contribution in [0.2, 0.25) is 0 Å². The van der Waals surface area contributed by atoms with Crippen LogP contribution < -0.4 is 0 Å². The van der Waals surface area contributed by atoms with Gasteiger partial charge in [-0.3, -0.25) is 9.59 Å². The van der Waals surface area contributed by atoms with Crippen LogP contribution >= 0.6 is 0 Å². The zero-order chi connectivity index (χ0) is 49.8. The van der Waals surface area contributed by atoms with Crippen LogP contribution in [0.25, 0.3) is 0 Å². The molecule has 0 aromatic rings. The van der Waals surface area contributed by atoms with E-state index in [0.717, 1.165) is 25.5 Å². The molecule has 27 atom stereocenters. The van der Waals surface area contributed by atoms with Crippen LogP contribution in [0.1, 0.15) is 106 Å². The summed E-state index contributed by atoms with van der Waals surface area (Å²) < 4.78 is 34.6. The molecule has 20 heteroatoms. The molecular weight excluding hydrogens is 897 g/mol. The molecule has 0 bridgehead atoms. The first-order valence-electron chi connectivity index (χ1n) is 24.7. The zero-order valence-corrected chi connectivity index (χ0v) is 39.9. The van der Waals surface area contributed by atoms with Crippen LogP contribution in [0.15, 0.2) is 0 Å². The summed E-state index contributed by atoms with van der Waals surface area (Å²) in [5.41, 5.74) is -3.30. The van der Waals surface area contributed by atoms with Crippen molar-refractivity contribution >= 4 is 18.2 Å². The molecule has 8 rings (SSSR count). The van der Waals surface area contributed by atoms with E-state index < -0.39 is 134 Å². The highest BCUT2D eigenvalue weighted by Crippen LogP contribution is 2.77. The van der Waals surface area contributed by atoms with Crippen LogP contribution in [-0.2, 0) is 42.8 Å². The van der Waals surface area contributed by atoms with E-state index in [1.54, 1.807) is 6.92 Å². The average molecular weight is 973 g/mol. The molecule has 0 amide bonds. The third kappa shape index (κ3) is 7.84. The minimum absolute atomic E-state index is 0.0285. The molecule has 68 heavy (non-hydrogen) atoms. The second-order valence-corrected chi connectivity index (χ2v) is 22.9. The standard InChI is InChI=1S/C48H76O20/c1-20(17-49)22-9-14-48(16-15-45(4)23(29(22)48)7-8-26-44(3)12-11-28(51)47(6,42(60)61)27(44)10-13-46(26,45)5)43(62)68-41-36(58)33(55)31(53)25(66-41)19-63-39-37(59)34(56)38(24(18-50)65-39)67-40-35(57)32(54)30(52)21(2)64-40/h17,20-41,50-59H,7-16,18-19H2,1-6H3,(H,60,61)/t20-,21-,22-,23+,24+,25+,26+,27+,28+,29+,30-,31+,32+,33-,34+,35+,36+,37+,38+,39+,40-,41-,44+,45+,46+,47-,48-/m0/s1. The first kappa shape index (κ1) is 52.3. The Kier molecular flexibility index (Phi) is 14.5. The molecule has 8 fully saturated rings. The van der Waals surface area contributed by atoms with Gasteiger partial charge in [-0.05, 0) is 124 Å². The maximum absolute atomic E-state index is 15.0. The van der Waals surface area contributed by atoms with E-state index in [9.17, 15) is 70.6 Å². The predicted octanol–water partition coefficient (Wildman–Crippen LogP) is -0.652. The van der Waals surface area contributed by atoms with Crippen molar-refractivity contribution in [1.82, 2.24) is 0 Å². The summed E-state index contributed by atoms with van der Waals surface area (Å²) >= 11 is 0. The molecule has 11 N–H and O–H groups in total. The summed E-state index contributed by atoms with van der Waals surface area (Å²) in [5.74, 6) is -2.60. The first-order valence-corrected chi connectivity index (χ1v) is 24.7. The third-order valence-corrected chi connectivity index (χ3v) is 20.1. The number of aldehydes is 1. The number of aliphatic hydroxyl groups excluding tert-OH is 10.